The van der Waals surface area contributed by atoms with Crippen LogP contribution in [0.5, 0.6) is 0 Å². The molecule has 16 heavy (non-hydrogen) atoms. The summed E-state index contributed by atoms with van der Waals surface area (Å²) in [6.07, 6.45) is 0. The molecule has 1 aromatic carbocycles. The minimum Gasteiger partial charge on any atom is -0.399 e. The molecule has 0 amide bonds. The van der Waals surface area contributed by atoms with Crippen LogP contribution in [0.3, 0.4) is 0 Å². The van der Waals surface area contributed by atoms with Gasteiger partial charge in [0.05, 0.1) is 5.75 Å². The smallest absolute Gasteiger partial charge is 0.212 e. The first kappa shape index (κ1) is 13.3. The molecule has 3 N–H and O–H groups in total. The Balaban J connectivity index is 2.39. The number of rotatable bonds is 6. The van der Waals surface area contributed by atoms with Crippen molar-refractivity contribution in [1.29, 1.82) is 0 Å². The lowest BCUT2D eigenvalue weighted by molar-refractivity contribution is 0.585. The number of hydrogen-bond acceptors (Lipinski definition) is 4. The van der Waals surface area contributed by atoms with Crippen molar-refractivity contribution in [2.24, 2.45) is 0 Å². The van der Waals surface area contributed by atoms with Crippen LogP contribution in [0.4, 0.5) is 5.69 Å². The summed E-state index contributed by atoms with van der Waals surface area (Å²) < 4.78 is 25.1. The van der Waals surface area contributed by atoms with E-state index in [0.29, 0.717) is 18.0 Å². The Bertz CT molecular complexity index is 415. The fraction of sp³-hybridized carbons (Fsp3) is 0.400. The molecule has 0 fully saturated rings. The van der Waals surface area contributed by atoms with Crippen LogP contribution in [0.15, 0.2) is 29.2 Å². The second kappa shape index (κ2) is 6.12. The van der Waals surface area contributed by atoms with Gasteiger partial charge in [-0.1, -0.05) is 6.92 Å². The number of nitrogens with two attached hydrogens (primary N) is 1. The van der Waals surface area contributed by atoms with Crippen molar-refractivity contribution in [2.45, 2.75) is 11.8 Å². The molecule has 0 saturated carbocycles. The third-order valence-corrected chi connectivity index (χ3v) is 4.61. The second-order valence-corrected chi connectivity index (χ2v) is 6.33. The van der Waals surface area contributed by atoms with Gasteiger partial charge in [-0.25, -0.2) is 13.1 Å². The normalized spacial score (nSPS) is 11.6. The summed E-state index contributed by atoms with van der Waals surface area (Å²) in [6.45, 7) is 2.21. The monoisotopic (exact) mass is 260 g/mol. The molecule has 1 rings (SSSR count). The summed E-state index contributed by atoms with van der Waals surface area (Å²) in [5.41, 5.74) is 6.26. The third kappa shape index (κ3) is 4.87. The van der Waals surface area contributed by atoms with Crippen LogP contribution in [-0.4, -0.2) is 26.5 Å². The summed E-state index contributed by atoms with van der Waals surface area (Å²) in [7, 11) is -3.11. The molecular weight excluding hydrogens is 244 g/mol. The number of thioether (sulfide) groups is 1. The van der Waals surface area contributed by atoms with Crippen molar-refractivity contribution >= 4 is 27.5 Å². The van der Waals surface area contributed by atoms with E-state index in [0.717, 1.165) is 4.90 Å². The van der Waals surface area contributed by atoms with Crippen LogP contribution in [0.1, 0.15) is 6.92 Å². The van der Waals surface area contributed by atoms with Gasteiger partial charge in [0.1, 0.15) is 0 Å². The summed E-state index contributed by atoms with van der Waals surface area (Å²) in [4.78, 5) is 1.03. The standard InChI is InChI=1S/C10H16N2O2S2/c1-2-12-16(13,14)8-7-15-10-5-3-9(11)4-6-10/h3-6,12H,2,7-8,11H2,1H3. The highest BCUT2D eigenvalue weighted by Gasteiger charge is 2.07. The van der Waals surface area contributed by atoms with E-state index >= 15 is 0 Å². The van der Waals surface area contributed by atoms with Crippen LogP contribution in [0.2, 0.25) is 0 Å². The zero-order chi connectivity index (χ0) is 12.0. The number of nitrogen functional groups attached to an aromatic ring is 1. The lowest BCUT2D eigenvalue weighted by Gasteiger charge is -2.04. The summed E-state index contributed by atoms with van der Waals surface area (Å²) >= 11 is 1.51. The maximum atomic E-state index is 11.3. The molecule has 0 bridgehead atoms. The molecule has 0 aromatic heterocycles. The van der Waals surface area contributed by atoms with E-state index in [1.54, 1.807) is 19.1 Å². The van der Waals surface area contributed by atoms with Crippen molar-refractivity contribution < 1.29 is 8.42 Å². The van der Waals surface area contributed by atoms with E-state index in [9.17, 15) is 8.42 Å². The highest BCUT2D eigenvalue weighted by molar-refractivity contribution is 8.00. The lowest BCUT2D eigenvalue weighted by atomic mass is 10.3. The number of hydrogen-bond donors (Lipinski definition) is 2. The van der Waals surface area contributed by atoms with E-state index in [1.807, 2.05) is 12.1 Å². The topological polar surface area (TPSA) is 72.2 Å². The molecule has 4 nitrogen and oxygen atoms in total. The first-order valence-electron chi connectivity index (χ1n) is 4.99. The predicted octanol–water partition coefficient (Wildman–Crippen LogP) is 1.30. The summed E-state index contributed by atoms with van der Waals surface area (Å²) in [5, 5.41) is 0. The van der Waals surface area contributed by atoms with Crippen LogP contribution >= 0.6 is 11.8 Å². The molecule has 0 saturated heterocycles. The van der Waals surface area contributed by atoms with Crippen LogP contribution < -0.4 is 10.5 Å². The number of benzene rings is 1. The van der Waals surface area contributed by atoms with E-state index in [2.05, 4.69) is 4.72 Å². The molecule has 0 heterocycles. The van der Waals surface area contributed by atoms with E-state index in [-0.39, 0.29) is 5.75 Å². The van der Waals surface area contributed by atoms with Gasteiger partial charge in [0, 0.05) is 22.9 Å². The van der Waals surface area contributed by atoms with Crippen LogP contribution in [-0.2, 0) is 10.0 Å². The molecular formula is C10H16N2O2S2. The van der Waals surface area contributed by atoms with Gasteiger partial charge in [0.2, 0.25) is 10.0 Å². The van der Waals surface area contributed by atoms with Crippen molar-refractivity contribution in [3.63, 3.8) is 0 Å². The molecule has 90 valence electrons. The zero-order valence-electron chi connectivity index (χ0n) is 9.14. The Hall–Kier alpha value is -0.720. The molecule has 0 aliphatic heterocycles. The largest absolute Gasteiger partial charge is 0.399 e. The van der Waals surface area contributed by atoms with E-state index in [1.165, 1.54) is 11.8 Å². The lowest BCUT2D eigenvalue weighted by Crippen LogP contribution is -2.26. The van der Waals surface area contributed by atoms with Crippen LogP contribution in [0.25, 0.3) is 0 Å². The Morgan fingerprint density at radius 1 is 1.31 bits per heavy atom. The highest BCUT2D eigenvalue weighted by atomic mass is 32.2. The van der Waals surface area contributed by atoms with Gasteiger partial charge in [0.25, 0.3) is 0 Å². The van der Waals surface area contributed by atoms with Gasteiger partial charge in [-0.15, -0.1) is 11.8 Å². The summed E-state index contributed by atoms with van der Waals surface area (Å²) in [5.74, 6) is 0.676. The average molecular weight is 260 g/mol. The molecule has 0 aliphatic rings. The minimum absolute atomic E-state index is 0.135. The van der Waals surface area contributed by atoms with Gasteiger partial charge in [-0.3, -0.25) is 0 Å². The maximum absolute atomic E-state index is 11.3. The first-order valence-corrected chi connectivity index (χ1v) is 7.63. The molecule has 6 heteroatoms. The van der Waals surface area contributed by atoms with E-state index in [4.69, 9.17) is 5.73 Å². The van der Waals surface area contributed by atoms with Crippen molar-refractivity contribution in [3.8, 4) is 0 Å². The number of sulfonamides is 1. The second-order valence-electron chi connectivity index (χ2n) is 3.23. The molecule has 0 radical (unpaired) electrons. The SMILES string of the molecule is CCNS(=O)(=O)CCSc1ccc(N)cc1. The molecule has 1 aromatic rings. The van der Waals surface area contributed by atoms with Gasteiger partial charge < -0.3 is 5.73 Å². The number of anilines is 1. The summed E-state index contributed by atoms with van der Waals surface area (Å²) in [6, 6.07) is 7.39. The fourth-order valence-electron chi connectivity index (χ4n) is 1.13. The molecule has 0 unspecified atom stereocenters. The third-order valence-electron chi connectivity index (χ3n) is 1.87. The molecule has 0 spiro atoms. The van der Waals surface area contributed by atoms with Gasteiger partial charge >= 0.3 is 0 Å². The Morgan fingerprint density at radius 2 is 1.94 bits per heavy atom. The minimum atomic E-state index is -3.11. The number of nitrogens with one attached hydrogen (secondary N) is 1. The fourth-order valence-corrected chi connectivity index (χ4v) is 3.48. The average Bonchev–Trinajstić information content (AvgIpc) is 2.20. The van der Waals surface area contributed by atoms with Gasteiger partial charge in [0.15, 0.2) is 0 Å². The van der Waals surface area contributed by atoms with Crippen molar-refractivity contribution in [3.05, 3.63) is 24.3 Å². The quantitative estimate of drug-likeness (QED) is 0.597. The van der Waals surface area contributed by atoms with Crippen molar-refractivity contribution in [2.75, 3.05) is 23.8 Å². The Labute approximate surface area is 101 Å². The highest BCUT2D eigenvalue weighted by Crippen LogP contribution is 2.19. The zero-order valence-corrected chi connectivity index (χ0v) is 10.8. The van der Waals surface area contributed by atoms with E-state index < -0.39 is 10.0 Å². The first-order chi connectivity index (χ1) is 7.53. The molecule has 0 atom stereocenters. The van der Waals surface area contributed by atoms with Crippen LogP contribution in [0, 0.1) is 0 Å². The maximum Gasteiger partial charge on any atom is 0.212 e. The van der Waals surface area contributed by atoms with Gasteiger partial charge in [-0.05, 0) is 24.3 Å². The molecule has 0 aliphatic carbocycles. The van der Waals surface area contributed by atoms with Gasteiger partial charge in [-0.2, -0.15) is 0 Å². The Morgan fingerprint density at radius 3 is 2.50 bits per heavy atom. The predicted molar refractivity (Wildman–Crippen MR) is 69.0 cm³/mol. The Kier molecular flexibility index (Phi) is 5.11. The van der Waals surface area contributed by atoms with Crippen molar-refractivity contribution in [1.82, 2.24) is 4.72 Å².